The summed E-state index contributed by atoms with van der Waals surface area (Å²) in [4.78, 5) is 41.3. The molecule has 1 aromatic carbocycles. The Hall–Kier alpha value is -2.48. The van der Waals surface area contributed by atoms with Crippen LogP contribution in [0.15, 0.2) is 24.3 Å². The predicted molar refractivity (Wildman–Crippen MR) is 117 cm³/mol. The number of carbonyl (C=O) groups is 3. The highest BCUT2D eigenvalue weighted by Gasteiger charge is 2.38. The van der Waals surface area contributed by atoms with Crippen molar-refractivity contribution in [3.05, 3.63) is 29.3 Å². The standard InChI is InChI=1S/C21H30ClN5O3/c1-21(2,3)17(25-19(29)24-15-6-4-14(22)5-7-15)18(28)26-11-8-16(9-12-26)27-13-10-23-20(27)30/h4-7,16-17H,8-13H2,1-3H3,(H,23,30)(H2,24,25,29)/t17-/m0/s1. The first-order valence-corrected chi connectivity index (χ1v) is 10.7. The molecule has 2 heterocycles. The summed E-state index contributed by atoms with van der Waals surface area (Å²) in [5.41, 5.74) is 0.141. The lowest BCUT2D eigenvalue weighted by molar-refractivity contribution is -0.137. The average Bonchev–Trinajstić information content (AvgIpc) is 3.12. The van der Waals surface area contributed by atoms with E-state index in [0.29, 0.717) is 36.9 Å². The van der Waals surface area contributed by atoms with E-state index in [1.54, 1.807) is 29.2 Å². The van der Waals surface area contributed by atoms with Gasteiger partial charge >= 0.3 is 12.1 Å². The normalized spacial score (nSPS) is 18.7. The molecule has 0 aromatic heterocycles. The molecule has 2 saturated heterocycles. The number of piperidine rings is 1. The number of carbonyl (C=O) groups excluding carboxylic acids is 3. The van der Waals surface area contributed by atoms with Crippen molar-refractivity contribution in [2.45, 2.75) is 45.7 Å². The molecule has 0 aliphatic carbocycles. The van der Waals surface area contributed by atoms with E-state index in [0.717, 1.165) is 12.8 Å². The van der Waals surface area contributed by atoms with E-state index in [2.05, 4.69) is 16.0 Å². The second-order valence-corrected chi connectivity index (χ2v) is 9.32. The Labute approximate surface area is 182 Å². The fourth-order valence-electron chi connectivity index (χ4n) is 3.90. The maximum absolute atomic E-state index is 13.2. The number of nitrogens with zero attached hydrogens (tertiary/aromatic N) is 2. The molecule has 2 aliphatic heterocycles. The van der Waals surface area contributed by atoms with Gasteiger partial charge in [0.05, 0.1) is 0 Å². The molecular formula is C21H30ClN5O3. The number of hydrogen-bond donors (Lipinski definition) is 3. The maximum atomic E-state index is 13.2. The quantitative estimate of drug-likeness (QED) is 0.678. The van der Waals surface area contributed by atoms with Gasteiger partial charge in [0.2, 0.25) is 5.91 Å². The van der Waals surface area contributed by atoms with Gasteiger partial charge in [-0.3, -0.25) is 4.79 Å². The van der Waals surface area contributed by atoms with E-state index in [4.69, 9.17) is 11.6 Å². The number of hydrogen-bond acceptors (Lipinski definition) is 3. The highest BCUT2D eigenvalue weighted by atomic mass is 35.5. The van der Waals surface area contributed by atoms with Gasteiger partial charge in [0.15, 0.2) is 0 Å². The molecule has 0 unspecified atom stereocenters. The third-order valence-electron chi connectivity index (χ3n) is 5.60. The Balaban J connectivity index is 1.59. The first kappa shape index (κ1) is 22.2. The molecule has 0 radical (unpaired) electrons. The zero-order valence-electron chi connectivity index (χ0n) is 17.7. The van der Waals surface area contributed by atoms with E-state index in [1.165, 1.54) is 0 Å². The van der Waals surface area contributed by atoms with Crippen LogP contribution in [0.25, 0.3) is 0 Å². The van der Waals surface area contributed by atoms with Crippen LogP contribution in [0.4, 0.5) is 15.3 Å². The topological polar surface area (TPSA) is 93.8 Å². The van der Waals surface area contributed by atoms with Crippen molar-refractivity contribution >= 4 is 35.3 Å². The van der Waals surface area contributed by atoms with Gasteiger partial charge in [-0.1, -0.05) is 32.4 Å². The summed E-state index contributed by atoms with van der Waals surface area (Å²) in [6.45, 7) is 8.32. The van der Waals surface area contributed by atoms with Gasteiger partial charge in [0.1, 0.15) is 6.04 Å². The molecule has 0 bridgehead atoms. The van der Waals surface area contributed by atoms with Crippen molar-refractivity contribution in [3.63, 3.8) is 0 Å². The summed E-state index contributed by atoms with van der Waals surface area (Å²) in [6, 6.07) is 5.82. The lowest BCUT2D eigenvalue weighted by atomic mass is 9.85. The van der Waals surface area contributed by atoms with Gasteiger partial charge in [-0.15, -0.1) is 0 Å². The molecular weight excluding hydrogens is 406 g/mol. The van der Waals surface area contributed by atoms with Crippen molar-refractivity contribution < 1.29 is 14.4 Å². The first-order chi connectivity index (χ1) is 14.1. The van der Waals surface area contributed by atoms with E-state index in [9.17, 15) is 14.4 Å². The minimum atomic E-state index is -0.670. The van der Waals surface area contributed by atoms with Gasteiger partial charge < -0.3 is 25.8 Å². The van der Waals surface area contributed by atoms with Gasteiger partial charge in [-0.05, 0) is 42.5 Å². The molecule has 164 valence electrons. The molecule has 3 N–H and O–H groups in total. The van der Waals surface area contributed by atoms with Crippen LogP contribution in [0.5, 0.6) is 0 Å². The highest BCUT2D eigenvalue weighted by Crippen LogP contribution is 2.25. The van der Waals surface area contributed by atoms with Crippen LogP contribution in [-0.2, 0) is 4.79 Å². The smallest absolute Gasteiger partial charge is 0.319 e. The van der Waals surface area contributed by atoms with E-state index >= 15 is 0 Å². The Kier molecular flexibility index (Phi) is 6.75. The SMILES string of the molecule is CC(C)(C)[C@@H](NC(=O)Nc1ccc(Cl)cc1)C(=O)N1CCC(N2CCNC2=O)CC1. The van der Waals surface area contributed by atoms with Crippen molar-refractivity contribution in [2.75, 3.05) is 31.5 Å². The molecule has 2 fully saturated rings. The fourth-order valence-corrected chi connectivity index (χ4v) is 4.02. The number of rotatable bonds is 4. The lowest BCUT2D eigenvalue weighted by Gasteiger charge is -2.40. The summed E-state index contributed by atoms with van der Waals surface area (Å²) >= 11 is 5.88. The molecule has 1 atom stereocenters. The number of nitrogens with one attached hydrogen (secondary N) is 3. The van der Waals surface area contributed by atoms with Crippen LogP contribution in [0.3, 0.4) is 0 Å². The van der Waals surface area contributed by atoms with Crippen LogP contribution < -0.4 is 16.0 Å². The molecule has 30 heavy (non-hydrogen) atoms. The minimum Gasteiger partial charge on any atom is -0.341 e. The third-order valence-corrected chi connectivity index (χ3v) is 5.85. The van der Waals surface area contributed by atoms with Crippen molar-refractivity contribution in [2.24, 2.45) is 5.41 Å². The van der Waals surface area contributed by atoms with E-state index < -0.39 is 17.5 Å². The van der Waals surface area contributed by atoms with Gasteiger partial charge in [-0.25, -0.2) is 9.59 Å². The Morgan fingerprint density at radius 2 is 1.77 bits per heavy atom. The predicted octanol–water partition coefficient (Wildman–Crippen LogP) is 2.89. The second-order valence-electron chi connectivity index (χ2n) is 8.89. The van der Waals surface area contributed by atoms with Gasteiger partial charge in [0.25, 0.3) is 0 Å². The third kappa shape index (κ3) is 5.36. The number of anilines is 1. The number of urea groups is 2. The van der Waals surface area contributed by atoms with Crippen molar-refractivity contribution in [1.29, 1.82) is 0 Å². The highest BCUT2D eigenvalue weighted by molar-refractivity contribution is 6.30. The van der Waals surface area contributed by atoms with Crippen LogP contribution >= 0.6 is 11.6 Å². The molecule has 9 heteroatoms. The summed E-state index contributed by atoms with van der Waals surface area (Å²) in [5.74, 6) is -0.0990. The Bertz CT molecular complexity index is 785. The largest absolute Gasteiger partial charge is 0.341 e. The van der Waals surface area contributed by atoms with Gasteiger partial charge in [-0.2, -0.15) is 0 Å². The molecule has 2 aliphatic rings. The molecule has 1 aromatic rings. The average molecular weight is 436 g/mol. The minimum absolute atomic E-state index is 0.0205. The first-order valence-electron chi connectivity index (χ1n) is 10.3. The lowest BCUT2D eigenvalue weighted by Crippen LogP contribution is -2.58. The Morgan fingerprint density at radius 1 is 1.13 bits per heavy atom. The zero-order chi connectivity index (χ0) is 21.9. The van der Waals surface area contributed by atoms with Gasteiger partial charge in [0, 0.05) is 42.9 Å². The second kappa shape index (κ2) is 9.12. The van der Waals surface area contributed by atoms with E-state index in [1.807, 2.05) is 25.7 Å². The number of halogens is 1. The fraction of sp³-hybridized carbons (Fsp3) is 0.571. The number of amides is 5. The number of benzene rings is 1. The van der Waals surface area contributed by atoms with Crippen LogP contribution in [-0.4, -0.2) is 66.0 Å². The van der Waals surface area contributed by atoms with E-state index in [-0.39, 0.29) is 18.0 Å². The summed E-state index contributed by atoms with van der Waals surface area (Å²) in [5, 5.41) is 9.00. The van der Waals surface area contributed by atoms with Crippen molar-refractivity contribution in [1.82, 2.24) is 20.4 Å². The molecule has 3 rings (SSSR count). The monoisotopic (exact) mass is 435 g/mol. The van der Waals surface area contributed by atoms with Crippen molar-refractivity contribution in [3.8, 4) is 0 Å². The van der Waals surface area contributed by atoms with Crippen LogP contribution in [0.1, 0.15) is 33.6 Å². The summed E-state index contributed by atoms with van der Waals surface area (Å²) < 4.78 is 0. The zero-order valence-corrected chi connectivity index (χ0v) is 18.5. The number of likely N-dealkylation sites (tertiary alicyclic amines) is 1. The van der Waals surface area contributed by atoms with Crippen LogP contribution in [0.2, 0.25) is 5.02 Å². The summed E-state index contributed by atoms with van der Waals surface area (Å²) in [6.07, 6.45) is 1.49. The molecule has 0 spiro atoms. The van der Waals surface area contributed by atoms with Crippen LogP contribution in [0, 0.1) is 5.41 Å². The molecule has 5 amide bonds. The summed E-state index contributed by atoms with van der Waals surface area (Å²) in [7, 11) is 0. The molecule has 0 saturated carbocycles. The maximum Gasteiger partial charge on any atom is 0.319 e. The Morgan fingerprint density at radius 3 is 2.30 bits per heavy atom. The molecule has 8 nitrogen and oxygen atoms in total.